The van der Waals surface area contributed by atoms with Gasteiger partial charge in [-0.15, -0.1) is 0 Å². The number of nitrogens with zero attached hydrogens (tertiary/aromatic N) is 1. The Labute approximate surface area is 64.6 Å². The van der Waals surface area contributed by atoms with E-state index in [2.05, 4.69) is 0 Å². The minimum atomic E-state index is -0.921. The molecule has 1 fully saturated rings. The number of quaternary nitrogens is 1. The second-order valence-corrected chi connectivity index (χ2v) is 4.11. The molecule has 0 N–H and O–H groups in total. The maximum Gasteiger partial charge on any atom is 0.139 e. The maximum absolute atomic E-state index is 10.5. The monoisotopic (exact) mass is 161 g/mol. The van der Waals surface area contributed by atoms with Gasteiger partial charge in [-0.25, -0.2) is 0 Å². The number of carbonyl (C=O) groups is 1. The maximum atomic E-state index is 10.5. The fourth-order valence-electron chi connectivity index (χ4n) is 1.04. The lowest BCUT2D eigenvalue weighted by molar-refractivity contribution is -0.889. The number of carboxylic acids is 1. The van der Waals surface area contributed by atoms with Crippen LogP contribution in [0.15, 0.2) is 0 Å². The molecule has 1 aliphatic heterocycles. The zero-order valence-electron chi connectivity index (χ0n) is 6.16. The van der Waals surface area contributed by atoms with E-state index in [-0.39, 0.29) is 6.04 Å². The fraction of sp³-hybridized carbons (Fsp3) is 0.833. The molecule has 58 valence electrons. The number of thioether (sulfide) groups is 1. The van der Waals surface area contributed by atoms with Crippen molar-refractivity contribution < 1.29 is 14.4 Å². The van der Waals surface area contributed by atoms with Crippen molar-refractivity contribution in [2.24, 2.45) is 0 Å². The van der Waals surface area contributed by atoms with Gasteiger partial charge in [-0.1, -0.05) is 11.8 Å². The van der Waals surface area contributed by atoms with E-state index in [0.29, 0.717) is 10.2 Å². The van der Waals surface area contributed by atoms with Gasteiger partial charge < -0.3 is 14.4 Å². The van der Waals surface area contributed by atoms with Crippen molar-refractivity contribution >= 4 is 17.7 Å². The fourth-order valence-corrected chi connectivity index (χ4v) is 2.56. The van der Waals surface area contributed by atoms with E-state index in [4.69, 9.17) is 0 Å². The average molecular weight is 161 g/mol. The Kier molecular flexibility index (Phi) is 1.92. The van der Waals surface area contributed by atoms with Gasteiger partial charge in [0.2, 0.25) is 0 Å². The molecular formula is C6H11NO2S. The first-order chi connectivity index (χ1) is 4.54. The number of aliphatic carboxylic acids is 1. The number of likely N-dealkylation sites (N-methyl/N-ethyl adjacent to an activating group) is 1. The van der Waals surface area contributed by atoms with Gasteiger partial charge in [0, 0.05) is 0 Å². The molecule has 0 saturated carbocycles. The predicted octanol–water partition coefficient (Wildman–Crippen LogP) is -1.11. The summed E-state index contributed by atoms with van der Waals surface area (Å²) in [6.45, 7) is 0. The first-order valence-corrected chi connectivity index (χ1v) is 4.31. The third kappa shape index (κ3) is 1.27. The minimum Gasteiger partial charge on any atom is -0.544 e. The molecule has 1 rings (SSSR count). The Morgan fingerprint density at radius 2 is 2.30 bits per heavy atom. The lowest BCUT2D eigenvalue weighted by Crippen LogP contribution is -2.54. The molecular weight excluding hydrogens is 150 g/mol. The molecule has 0 bridgehead atoms. The van der Waals surface area contributed by atoms with Crippen molar-refractivity contribution in [1.29, 1.82) is 0 Å². The number of rotatable bonds is 1. The lowest BCUT2D eigenvalue weighted by atomic mass is 10.3. The summed E-state index contributed by atoms with van der Waals surface area (Å²) in [4.78, 5) is 10.5. The van der Waals surface area contributed by atoms with E-state index in [1.165, 1.54) is 0 Å². The van der Waals surface area contributed by atoms with E-state index in [1.54, 1.807) is 11.8 Å². The highest BCUT2D eigenvalue weighted by Gasteiger charge is 2.35. The van der Waals surface area contributed by atoms with Crippen LogP contribution >= 0.6 is 11.8 Å². The van der Waals surface area contributed by atoms with Crippen LogP contribution in [-0.2, 0) is 4.79 Å². The van der Waals surface area contributed by atoms with Gasteiger partial charge >= 0.3 is 0 Å². The summed E-state index contributed by atoms with van der Waals surface area (Å²) < 4.78 is 0.549. The van der Waals surface area contributed by atoms with Crippen LogP contribution in [-0.4, -0.2) is 42.2 Å². The normalized spacial score (nSPS) is 30.4. The SMILES string of the molecule is C[N+]1(C)CSCC1C(=O)[O-]. The quantitative estimate of drug-likeness (QED) is 0.458. The van der Waals surface area contributed by atoms with Gasteiger partial charge in [-0.3, -0.25) is 0 Å². The van der Waals surface area contributed by atoms with E-state index in [1.807, 2.05) is 14.1 Å². The van der Waals surface area contributed by atoms with Crippen LogP contribution in [0.4, 0.5) is 0 Å². The van der Waals surface area contributed by atoms with E-state index in [9.17, 15) is 9.90 Å². The Morgan fingerprint density at radius 3 is 2.50 bits per heavy atom. The number of hydrogen-bond donors (Lipinski definition) is 0. The molecule has 0 amide bonds. The molecule has 4 heteroatoms. The summed E-state index contributed by atoms with van der Waals surface area (Å²) in [5, 5.41) is 10.5. The zero-order chi connectivity index (χ0) is 7.78. The predicted molar refractivity (Wildman–Crippen MR) is 38.2 cm³/mol. The zero-order valence-corrected chi connectivity index (χ0v) is 6.98. The van der Waals surface area contributed by atoms with Gasteiger partial charge in [0.25, 0.3) is 0 Å². The summed E-state index contributed by atoms with van der Waals surface area (Å²) in [5.41, 5.74) is 0. The van der Waals surface area contributed by atoms with Gasteiger partial charge in [-0.05, 0) is 0 Å². The summed E-state index contributed by atoms with van der Waals surface area (Å²) in [6.07, 6.45) is 0. The highest BCUT2D eigenvalue weighted by molar-refractivity contribution is 7.99. The Hall–Kier alpha value is -0.220. The van der Waals surface area contributed by atoms with Crippen molar-refractivity contribution in [2.75, 3.05) is 25.7 Å². The second-order valence-electron chi connectivity index (χ2n) is 3.11. The lowest BCUT2D eigenvalue weighted by Gasteiger charge is -2.30. The number of carbonyl (C=O) groups excluding carboxylic acids is 1. The van der Waals surface area contributed by atoms with E-state index >= 15 is 0 Å². The molecule has 0 aromatic rings. The Morgan fingerprint density at radius 1 is 1.70 bits per heavy atom. The van der Waals surface area contributed by atoms with E-state index < -0.39 is 5.97 Å². The minimum absolute atomic E-state index is 0.315. The van der Waals surface area contributed by atoms with Gasteiger partial charge in [-0.2, -0.15) is 0 Å². The molecule has 0 radical (unpaired) electrons. The van der Waals surface area contributed by atoms with Crippen molar-refractivity contribution in [3.05, 3.63) is 0 Å². The van der Waals surface area contributed by atoms with Crippen molar-refractivity contribution in [1.82, 2.24) is 0 Å². The van der Waals surface area contributed by atoms with Crippen LogP contribution < -0.4 is 5.11 Å². The van der Waals surface area contributed by atoms with Crippen LogP contribution in [0.2, 0.25) is 0 Å². The largest absolute Gasteiger partial charge is 0.544 e. The summed E-state index contributed by atoms with van der Waals surface area (Å²) >= 11 is 1.67. The average Bonchev–Trinajstić information content (AvgIpc) is 2.08. The number of hydrogen-bond acceptors (Lipinski definition) is 3. The van der Waals surface area contributed by atoms with Gasteiger partial charge in [0.15, 0.2) is 0 Å². The number of carboxylic acid groups (broad SMARTS) is 1. The van der Waals surface area contributed by atoms with Crippen LogP contribution in [0.25, 0.3) is 0 Å². The molecule has 10 heavy (non-hydrogen) atoms. The summed E-state index contributed by atoms with van der Waals surface area (Å²) in [6, 6.07) is -0.315. The highest BCUT2D eigenvalue weighted by atomic mass is 32.2. The molecule has 1 atom stereocenters. The smallest absolute Gasteiger partial charge is 0.139 e. The molecule has 0 aromatic carbocycles. The summed E-state index contributed by atoms with van der Waals surface area (Å²) in [7, 11) is 3.83. The molecule has 3 nitrogen and oxygen atoms in total. The van der Waals surface area contributed by atoms with Gasteiger partial charge in [0.05, 0.1) is 19.8 Å². The van der Waals surface area contributed by atoms with Gasteiger partial charge in [0.1, 0.15) is 17.9 Å². The molecule has 1 saturated heterocycles. The molecule has 0 aliphatic carbocycles. The highest BCUT2D eigenvalue weighted by Crippen LogP contribution is 2.24. The summed E-state index contributed by atoms with van der Waals surface area (Å²) in [5.74, 6) is 0.642. The third-order valence-electron chi connectivity index (χ3n) is 1.82. The van der Waals surface area contributed by atoms with Crippen molar-refractivity contribution in [2.45, 2.75) is 6.04 Å². The molecule has 1 unspecified atom stereocenters. The third-order valence-corrected chi connectivity index (χ3v) is 3.22. The first kappa shape index (κ1) is 7.88. The van der Waals surface area contributed by atoms with Crippen LogP contribution in [0.5, 0.6) is 0 Å². The molecule has 1 heterocycles. The van der Waals surface area contributed by atoms with Crippen LogP contribution in [0.3, 0.4) is 0 Å². The second kappa shape index (κ2) is 2.43. The van der Waals surface area contributed by atoms with E-state index in [0.717, 1.165) is 5.88 Å². The van der Waals surface area contributed by atoms with Crippen LogP contribution in [0, 0.1) is 0 Å². The molecule has 0 spiro atoms. The van der Waals surface area contributed by atoms with Crippen LogP contribution in [0.1, 0.15) is 0 Å². The molecule has 0 aromatic heterocycles. The standard InChI is InChI=1S/C6H11NO2S/c1-7(2)4-10-3-5(7)6(8)9/h5H,3-4H2,1-2H3. The van der Waals surface area contributed by atoms with Crippen molar-refractivity contribution in [3.8, 4) is 0 Å². The first-order valence-electron chi connectivity index (χ1n) is 3.15. The Bertz CT molecular complexity index is 158. The Balaban J connectivity index is 2.68. The topological polar surface area (TPSA) is 40.1 Å². The van der Waals surface area contributed by atoms with Crippen molar-refractivity contribution in [3.63, 3.8) is 0 Å². The molecule has 1 aliphatic rings.